The van der Waals surface area contributed by atoms with Crippen molar-refractivity contribution in [2.75, 3.05) is 0 Å². The number of hydrogen-bond donors (Lipinski definition) is 1. The van der Waals surface area contributed by atoms with Crippen LogP contribution in [0.25, 0.3) is 11.3 Å². The summed E-state index contributed by atoms with van der Waals surface area (Å²) in [6.07, 6.45) is 1.84. The zero-order valence-corrected chi connectivity index (χ0v) is 11.7. The van der Waals surface area contributed by atoms with Crippen molar-refractivity contribution < 1.29 is 9.84 Å². The van der Waals surface area contributed by atoms with Crippen molar-refractivity contribution in [3.05, 3.63) is 66.4 Å². The summed E-state index contributed by atoms with van der Waals surface area (Å²) in [6.45, 7) is 0.449. The summed E-state index contributed by atoms with van der Waals surface area (Å²) < 4.78 is 7.56. The van der Waals surface area contributed by atoms with E-state index in [1.54, 1.807) is 16.8 Å². The van der Waals surface area contributed by atoms with Crippen LogP contribution in [-0.4, -0.2) is 14.9 Å². The number of benzene rings is 2. The molecule has 1 N–H and O–H groups in total. The number of phenols is 1. The second-order valence-electron chi connectivity index (χ2n) is 4.80. The summed E-state index contributed by atoms with van der Waals surface area (Å²) in [7, 11) is 1.84. The first-order chi connectivity index (χ1) is 10.2. The van der Waals surface area contributed by atoms with Crippen LogP contribution in [0.4, 0.5) is 0 Å². The first kappa shape index (κ1) is 13.2. The van der Waals surface area contributed by atoms with E-state index in [4.69, 9.17) is 4.74 Å². The van der Waals surface area contributed by atoms with E-state index < -0.39 is 0 Å². The normalized spacial score (nSPS) is 10.5. The van der Waals surface area contributed by atoms with E-state index in [2.05, 4.69) is 5.10 Å². The third-order valence-electron chi connectivity index (χ3n) is 3.21. The molecular weight excluding hydrogens is 264 g/mol. The highest BCUT2D eigenvalue weighted by atomic mass is 16.5. The lowest BCUT2D eigenvalue weighted by Crippen LogP contribution is -1.97. The van der Waals surface area contributed by atoms with Crippen LogP contribution in [0.3, 0.4) is 0 Å². The number of phenolic OH excluding ortho intramolecular Hbond substituents is 1. The smallest absolute Gasteiger partial charge is 0.133 e. The molecule has 4 nitrogen and oxygen atoms in total. The molecule has 0 amide bonds. The molecule has 0 unspecified atom stereocenters. The van der Waals surface area contributed by atoms with E-state index in [0.29, 0.717) is 23.6 Å². The predicted molar refractivity (Wildman–Crippen MR) is 81.1 cm³/mol. The maximum absolute atomic E-state index is 10.1. The Morgan fingerprint density at radius 3 is 2.57 bits per heavy atom. The molecular formula is C17H16N2O2. The van der Waals surface area contributed by atoms with E-state index in [0.717, 1.165) is 5.56 Å². The standard InChI is InChI=1S/C17H16N2O2/c1-19-11-10-14(18-19)17-15(20)8-5-9-16(17)21-12-13-6-3-2-4-7-13/h2-11,20H,12H2,1H3. The van der Waals surface area contributed by atoms with Gasteiger partial charge in [-0.3, -0.25) is 4.68 Å². The molecule has 2 aromatic carbocycles. The van der Waals surface area contributed by atoms with Crippen LogP contribution in [0, 0.1) is 0 Å². The van der Waals surface area contributed by atoms with Gasteiger partial charge < -0.3 is 9.84 Å². The van der Waals surface area contributed by atoms with E-state index >= 15 is 0 Å². The van der Waals surface area contributed by atoms with Gasteiger partial charge in [0.15, 0.2) is 0 Å². The van der Waals surface area contributed by atoms with E-state index in [1.807, 2.05) is 55.7 Å². The fourth-order valence-corrected chi connectivity index (χ4v) is 2.18. The van der Waals surface area contributed by atoms with Gasteiger partial charge in [-0.25, -0.2) is 0 Å². The van der Waals surface area contributed by atoms with Crippen LogP contribution < -0.4 is 4.74 Å². The summed E-state index contributed by atoms with van der Waals surface area (Å²) in [5, 5.41) is 14.5. The molecule has 0 aliphatic carbocycles. The number of aryl methyl sites for hydroxylation is 1. The van der Waals surface area contributed by atoms with Crippen LogP contribution in [0.1, 0.15) is 5.56 Å². The molecule has 0 spiro atoms. The quantitative estimate of drug-likeness (QED) is 0.797. The van der Waals surface area contributed by atoms with E-state index in [-0.39, 0.29) is 5.75 Å². The maximum Gasteiger partial charge on any atom is 0.133 e. The lowest BCUT2D eigenvalue weighted by Gasteiger charge is -2.11. The molecule has 1 aromatic heterocycles. The van der Waals surface area contributed by atoms with Crippen LogP contribution in [0.2, 0.25) is 0 Å². The van der Waals surface area contributed by atoms with Gasteiger partial charge in [0.1, 0.15) is 18.1 Å². The molecule has 0 fully saturated rings. The van der Waals surface area contributed by atoms with Gasteiger partial charge in [-0.1, -0.05) is 36.4 Å². The maximum atomic E-state index is 10.1. The molecule has 1 heterocycles. The average molecular weight is 280 g/mol. The Hall–Kier alpha value is -2.75. The van der Waals surface area contributed by atoms with Crippen LogP contribution in [-0.2, 0) is 13.7 Å². The third-order valence-corrected chi connectivity index (χ3v) is 3.21. The zero-order valence-electron chi connectivity index (χ0n) is 11.7. The SMILES string of the molecule is Cn1ccc(-c2c(O)cccc2OCc2ccccc2)n1. The van der Waals surface area contributed by atoms with Crippen molar-refractivity contribution in [3.63, 3.8) is 0 Å². The van der Waals surface area contributed by atoms with Crippen LogP contribution in [0.15, 0.2) is 60.8 Å². The van der Waals surface area contributed by atoms with Crippen LogP contribution >= 0.6 is 0 Å². The van der Waals surface area contributed by atoms with Gasteiger partial charge in [0.2, 0.25) is 0 Å². The topological polar surface area (TPSA) is 47.3 Å². The monoisotopic (exact) mass is 280 g/mol. The molecule has 0 saturated carbocycles. The number of aromatic hydroxyl groups is 1. The molecule has 0 saturated heterocycles. The summed E-state index contributed by atoms with van der Waals surface area (Å²) in [5.41, 5.74) is 2.39. The molecule has 106 valence electrons. The number of nitrogens with zero attached hydrogens (tertiary/aromatic N) is 2. The Bertz CT molecular complexity index is 736. The Morgan fingerprint density at radius 2 is 1.86 bits per heavy atom. The van der Waals surface area contributed by atoms with Crippen molar-refractivity contribution in [3.8, 4) is 22.8 Å². The van der Waals surface area contributed by atoms with Gasteiger partial charge in [-0.2, -0.15) is 5.10 Å². The lowest BCUT2D eigenvalue weighted by atomic mass is 10.1. The number of hydrogen-bond acceptors (Lipinski definition) is 3. The minimum atomic E-state index is 0.166. The lowest BCUT2D eigenvalue weighted by molar-refractivity contribution is 0.306. The predicted octanol–water partition coefficient (Wildman–Crippen LogP) is 3.37. The zero-order chi connectivity index (χ0) is 14.7. The molecule has 0 aliphatic heterocycles. The first-order valence-electron chi connectivity index (χ1n) is 6.73. The van der Waals surface area contributed by atoms with Gasteiger partial charge in [0.05, 0.1) is 11.3 Å². The molecule has 0 bridgehead atoms. The van der Waals surface area contributed by atoms with E-state index in [1.165, 1.54) is 0 Å². The number of aromatic nitrogens is 2. The Labute approximate surface area is 123 Å². The molecule has 21 heavy (non-hydrogen) atoms. The highest BCUT2D eigenvalue weighted by Gasteiger charge is 2.14. The van der Waals surface area contributed by atoms with Gasteiger partial charge in [0.25, 0.3) is 0 Å². The Balaban J connectivity index is 1.90. The molecule has 0 radical (unpaired) electrons. The summed E-state index contributed by atoms with van der Waals surface area (Å²) >= 11 is 0. The number of rotatable bonds is 4. The van der Waals surface area contributed by atoms with Crippen molar-refractivity contribution in [2.24, 2.45) is 7.05 Å². The Kier molecular flexibility index (Phi) is 3.60. The summed E-state index contributed by atoms with van der Waals surface area (Å²) in [6, 6.07) is 17.0. The molecule has 4 heteroatoms. The van der Waals surface area contributed by atoms with Gasteiger partial charge >= 0.3 is 0 Å². The van der Waals surface area contributed by atoms with Crippen molar-refractivity contribution in [1.82, 2.24) is 9.78 Å². The summed E-state index contributed by atoms with van der Waals surface area (Å²) in [5.74, 6) is 0.789. The molecule has 3 rings (SSSR count). The highest BCUT2D eigenvalue weighted by molar-refractivity contribution is 5.73. The largest absolute Gasteiger partial charge is 0.507 e. The highest BCUT2D eigenvalue weighted by Crippen LogP contribution is 2.36. The van der Waals surface area contributed by atoms with Gasteiger partial charge in [0, 0.05) is 13.2 Å². The molecule has 3 aromatic rings. The fourth-order valence-electron chi connectivity index (χ4n) is 2.18. The molecule has 0 atom stereocenters. The van der Waals surface area contributed by atoms with Crippen molar-refractivity contribution in [1.29, 1.82) is 0 Å². The average Bonchev–Trinajstić information content (AvgIpc) is 2.92. The summed E-state index contributed by atoms with van der Waals surface area (Å²) in [4.78, 5) is 0. The minimum Gasteiger partial charge on any atom is -0.507 e. The second-order valence-corrected chi connectivity index (χ2v) is 4.80. The second kappa shape index (κ2) is 5.71. The fraction of sp³-hybridized carbons (Fsp3) is 0.118. The first-order valence-corrected chi connectivity index (χ1v) is 6.73. The molecule has 0 aliphatic rings. The van der Waals surface area contributed by atoms with Gasteiger partial charge in [-0.15, -0.1) is 0 Å². The third kappa shape index (κ3) is 2.89. The van der Waals surface area contributed by atoms with Crippen molar-refractivity contribution in [2.45, 2.75) is 6.61 Å². The van der Waals surface area contributed by atoms with E-state index in [9.17, 15) is 5.11 Å². The van der Waals surface area contributed by atoms with Crippen LogP contribution in [0.5, 0.6) is 11.5 Å². The number of ether oxygens (including phenoxy) is 1. The van der Waals surface area contributed by atoms with Gasteiger partial charge in [-0.05, 0) is 23.8 Å². The van der Waals surface area contributed by atoms with Crippen molar-refractivity contribution >= 4 is 0 Å². The Morgan fingerprint density at radius 1 is 1.05 bits per heavy atom. The minimum absolute atomic E-state index is 0.166.